The number of carbonyl (C=O) groups is 4. The number of carbonyl (C=O) groups excluding carboxylic acids is 3. The van der Waals surface area contributed by atoms with Gasteiger partial charge >= 0.3 is 5.97 Å². The van der Waals surface area contributed by atoms with Crippen molar-refractivity contribution in [3.8, 4) is 0 Å². The van der Waals surface area contributed by atoms with Crippen molar-refractivity contribution in [3.05, 3.63) is 154 Å². The van der Waals surface area contributed by atoms with Crippen molar-refractivity contribution >= 4 is 79.8 Å². The minimum atomic E-state index is -1.15. The first kappa shape index (κ1) is 38.9. The summed E-state index contributed by atoms with van der Waals surface area (Å²) >= 11 is 12.0. The van der Waals surface area contributed by atoms with Gasteiger partial charge < -0.3 is 25.8 Å². The number of halogens is 2. The average molecular weight is 778 g/mol. The zero-order valence-corrected chi connectivity index (χ0v) is 31.2. The van der Waals surface area contributed by atoms with Gasteiger partial charge in [0.05, 0.1) is 35.7 Å². The Morgan fingerprint density at radius 3 is 1.64 bits per heavy atom. The van der Waals surface area contributed by atoms with E-state index in [2.05, 4.69) is 20.9 Å². The van der Waals surface area contributed by atoms with Crippen LogP contribution in [0.5, 0.6) is 0 Å². The van der Waals surface area contributed by atoms with Gasteiger partial charge in [-0.15, -0.1) is 0 Å². The molecule has 0 saturated carbocycles. The number of rotatable bonds is 10. The lowest BCUT2D eigenvalue weighted by atomic mass is 10.0. The maximum Gasteiger partial charge on any atom is 0.337 e. The molecule has 0 bridgehead atoms. The molecule has 0 aromatic heterocycles. The number of amides is 3. The number of carboxylic acid groups (broad SMARTS) is 1. The molecule has 1 fully saturated rings. The highest BCUT2D eigenvalue weighted by atomic mass is 35.5. The zero-order chi connectivity index (χ0) is 38.7. The minimum Gasteiger partial charge on any atom is -0.478 e. The molecule has 1 heterocycles. The monoisotopic (exact) mass is 776 g/mol. The number of morpholine rings is 1. The summed E-state index contributed by atoms with van der Waals surface area (Å²) in [6, 6.07) is 35.4. The number of hydrogen-bond donors (Lipinski definition) is 4. The average Bonchev–Trinajstić information content (AvgIpc) is 3.20. The number of carboxylic acids is 1. The standard InChI is InChI=1S/C25H26ClN3O3.C18H12ClNO3/c26-19-9-10-23(28-25(31)21-8-3-6-18-5-1-2-7-20(18)21)22(17-19)24(30)27-11-4-12-29-13-15-32-16-14-29;19-12-8-9-16(15(10-12)18(22)23)20-17(21)14-7-3-5-11-4-1-2-6-13(11)14/h1-3,5-10,17H,4,11-16H2,(H,27,30)(H,28,31);1-10H,(H,20,21)(H,22,23). The van der Waals surface area contributed by atoms with Crippen LogP contribution in [0.3, 0.4) is 0 Å². The molecule has 12 heteroatoms. The van der Waals surface area contributed by atoms with Gasteiger partial charge in [-0.25, -0.2) is 4.79 Å². The molecule has 10 nitrogen and oxygen atoms in total. The molecule has 0 unspecified atom stereocenters. The van der Waals surface area contributed by atoms with Crippen molar-refractivity contribution in [2.24, 2.45) is 0 Å². The first-order valence-corrected chi connectivity index (χ1v) is 18.4. The number of nitrogens with zero attached hydrogens (tertiary/aromatic N) is 1. The second-order valence-corrected chi connectivity index (χ2v) is 13.6. The van der Waals surface area contributed by atoms with Crippen LogP contribution in [0.4, 0.5) is 11.4 Å². The van der Waals surface area contributed by atoms with E-state index in [9.17, 15) is 24.3 Å². The number of aromatic carboxylic acids is 1. The Morgan fingerprint density at radius 1 is 0.600 bits per heavy atom. The van der Waals surface area contributed by atoms with Gasteiger partial charge in [0.2, 0.25) is 0 Å². The minimum absolute atomic E-state index is 0.0499. The summed E-state index contributed by atoms with van der Waals surface area (Å²) < 4.78 is 5.36. The van der Waals surface area contributed by atoms with E-state index in [-0.39, 0.29) is 29.0 Å². The highest BCUT2D eigenvalue weighted by Gasteiger charge is 2.18. The fraction of sp³-hybridized carbons (Fsp3) is 0.163. The summed E-state index contributed by atoms with van der Waals surface area (Å²) in [7, 11) is 0. The number of benzene rings is 6. The lowest BCUT2D eigenvalue weighted by molar-refractivity contribution is 0.0374. The molecular weight excluding hydrogens is 739 g/mol. The first-order valence-electron chi connectivity index (χ1n) is 17.7. The number of ether oxygens (including phenoxy) is 1. The molecule has 0 atom stereocenters. The summed E-state index contributed by atoms with van der Waals surface area (Å²) in [5.41, 5.74) is 1.96. The van der Waals surface area contributed by atoms with E-state index in [0.717, 1.165) is 60.8 Å². The summed E-state index contributed by atoms with van der Waals surface area (Å²) in [5, 5.41) is 22.0. The SMILES string of the molecule is O=C(NCCCN1CCOCC1)c1cc(Cl)ccc1NC(=O)c1cccc2ccccc12.O=C(O)c1cc(Cl)ccc1NC(=O)c1cccc2ccccc12. The van der Waals surface area contributed by atoms with Crippen LogP contribution in [0.25, 0.3) is 21.5 Å². The van der Waals surface area contributed by atoms with Crippen LogP contribution in [-0.4, -0.2) is 73.1 Å². The van der Waals surface area contributed by atoms with Gasteiger partial charge in [0.25, 0.3) is 17.7 Å². The summed E-state index contributed by atoms with van der Waals surface area (Å²) in [4.78, 5) is 52.0. The molecule has 1 aliphatic rings. The van der Waals surface area contributed by atoms with E-state index in [0.29, 0.717) is 39.0 Å². The number of anilines is 2. The quantitative estimate of drug-likeness (QED) is 0.102. The van der Waals surface area contributed by atoms with Crippen LogP contribution < -0.4 is 16.0 Å². The topological polar surface area (TPSA) is 137 Å². The van der Waals surface area contributed by atoms with E-state index in [4.69, 9.17) is 27.9 Å². The predicted molar refractivity (Wildman–Crippen MR) is 218 cm³/mol. The summed E-state index contributed by atoms with van der Waals surface area (Å²) in [6.07, 6.45) is 0.837. The second-order valence-electron chi connectivity index (χ2n) is 12.7. The van der Waals surface area contributed by atoms with Crippen molar-refractivity contribution in [1.82, 2.24) is 10.2 Å². The zero-order valence-electron chi connectivity index (χ0n) is 29.7. The van der Waals surface area contributed by atoms with Crippen molar-refractivity contribution in [2.45, 2.75) is 6.42 Å². The molecule has 0 aliphatic carbocycles. The van der Waals surface area contributed by atoms with Crippen molar-refractivity contribution in [2.75, 3.05) is 50.0 Å². The molecule has 3 amide bonds. The van der Waals surface area contributed by atoms with E-state index < -0.39 is 5.97 Å². The van der Waals surface area contributed by atoms with Crippen LogP contribution in [-0.2, 0) is 4.74 Å². The Kier molecular flexibility index (Phi) is 13.1. The summed E-state index contributed by atoms with van der Waals surface area (Å²) in [5.74, 6) is -2.06. The maximum atomic E-state index is 13.0. The molecule has 7 rings (SSSR count). The second kappa shape index (κ2) is 18.5. The Balaban J connectivity index is 0.000000197. The molecule has 6 aromatic rings. The smallest absolute Gasteiger partial charge is 0.337 e. The van der Waals surface area contributed by atoms with E-state index >= 15 is 0 Å². The Bertz CT molecular complexity index is 2350. The maximum absolute atomic E-state index is 13.0. The largest absolute Gasteiger partial charge is 0.478 e. The van der Waals surface area contributed by atoms with Crippen molar-refractivity contribution < 1.29 is 29.0 Å². The summed E-state index contributed by atoms with van der Waals surface area (Å²) in [6.45, 7) is 4.81. The van der Waals surface area contributed by atoms with Gasteiger partial charge in [-0.2, -0.15) is 0 Å². The highest BCUT2D eigenvalue weighted by Crippen LogP contribution is 2.26. The molecule has 4 N–H and O–H groups in total. The first-order chi connectivity index (χ1) is 26.7. The number of fused-ring (bicyclic) bond motifs is 2. The van der Waals surface area contributed by atoms with E-state index in [1.807, 2.05) is 66.7 Å². The van der Waals surface area contributed by atoms with Gasteiger partial charge in [0.15, 0.2) is 0 Å². The van der Waals surface area contributed by atoms with E-state index in [1.54, 1.807) is 36.4 Å². The molecule has 1 saturated heterocycles. The molecule has 1 aliphatic heterocycles. The van der Waals surface area contributed by atoms with Gasteiger partial charge in [-0.3, -0.25) is 19.3 Å². The van der Waals surface area contributed by atoms with Crippen LogP contribution in [0.2, 0.25) is 10.0 Å². The fourth-order valence-corrected chi connectivity index (χ4v) is 6.61. The Labute approximate surface area is 328 Å². The number of hydrogen-bond acceptors (Lipinski definition) is 6. The predicted octanol–water partition coefficient (Wildman–Crippen LogP) is 8.64. The molecule has 280 valence electrons. The lowest BCUT2D eigenvalue weighted by Gasteiger charge is -2.26. The molecule has 0 radical (unpaired) electrons. The molecule has 55 heavy (non-hydrogen) atoms. The highest BCUT2D eigenvalue weighted by molar-refractivity contribution is 6.31. The molecular formula is C43H38Cl2N4O6. The molecule has 6 aromatic carbocycles. The van der Waals surface area contributed by atoms with Gasteiger partial charge in [-0.05, 0) is 83.0 Å². The normalized spacial score (nSPS) is 12.7. The fourth-order valence-electron chi connectivity index (χ4n) is 6.27. The van der Waals surface area contributed by atoms with Crippen LogP contribution in [0.1, 0.15) is 47.9 Å². The van der Waals surface area contributed by atoms with Gasteiger partial charge in [0, 0.05) is 40.8 Å². The molecule has 0 spiro atoms. The lowest BCUT2D eigenvalue weighted by Crippen LogP contribution is -2.38. The third kappa shape index (κ3) is 10.1. The number of nitrogens with one attached hydrogen (secondary N) is 3. The van der Waals surface area contributed by atoms with Crippen molar-refractivity contribution in [1.29, 1.82) is 0 Å². The van der Waals surface area contributed by atoms with Gasteiger partial charge in [-0.1, -0.05) is 96.0 Å². The van der Waals surface area contributed by atoms with Crippen LogP contribution >= 0.6 is 23.2 Å². The third-order valence-electron chi connectivity index (χ3n) is 9.04. The van der Waals surface area contributed by atoms with Crippen LogP contribution in [0.15, 0.2) is 121 Å². The van der Waals surface area contributed by atoms with Crippen LogP contribution in [0, 0.1) is 0 Å². The third-order valence-corrected chi connectivity index (χ3v) is 9.51. The van der Waals surface area contributed by atoms with Crippen molar-refractivity contribution in [3.63, 3.8) is 0 Å². The van der Waals surface area contributed by atoms with E-state index in [1.165, 1.54) is 18.2 Å². The Hall–Kier alpha value is -5.78. The van der Waals surface area contributed by atoms with Gasteiger partial charge in [0.1, 0.15) is 0 Å². The Morgan fingerprint density at radius 2 is 1.09 bits per heavy atom.